The first-order valence-corrected chi connectivity index (χ1v) is 4.54. The fourth-order valence-electron chi connectivity index (χ4n) is 2.01. The lowest BCUT2D eigenvalue weighted by Gasteiger charge is -2.08. The van der Waals surface area contributed by atoms with Crippen LogP contribution in [0.5, 0.6) is 0 Å². The lowest BCUT2D eigenvalue weighted by atomic mass is 10.0. The lowest BCUT2D eigenvalue weighted by molar-refractivity contribution is 0.474. The molecule has 1 saturated carbocycles. The molecule has 0 aromatic heterocycles. The summed E-state index contributed by atoms with van der Waals surface area (Å²) in [7, 11) is 2.08. The maximum atomic E-state index is 3.35. The van der Waals surface area contributed by atoms with E-state index in [9.17, 15) is 0 Å². The largest absolute Gasteiger partial charge is 0.317 e. The number of hydrogen-bond acceptors (Lipinski definition) is 1. The summed E-state index contributed by atoms with van der Waals surface area (Å²) in [6.45, 7) is 2.28. The molecule has 0 aromatic rings. The van der Waals surface area contributed by atoms with Crippen molar-refractivity contribution in [1.29, 1.82) is 0 Å². The minimum absolute atomic E-state index is 0.830. The summed E-state index contributed by atoms with van der Waals surface area (Å²) in [5.74, 6) is 1.03. The third-order valence-electron chi connectivity index (χ3n) is 2.65. The Bertz CT molecular complexity index is 90.7. The molecule has 2 unspecified atom stereocenters. The summed E-state index contributed by atoms with van der Waals surface area (Å²) in [4.78, 5) is 0. The lowest BCUT2D eigenvalue weighted by Crippen LogP contribution is -2.21. The van der Waals surface area contributed by atoms with Crippen LogP contribution in [0.15, 0.2) is 0 Å². The maximum Gasteiger partial charge on any atom is 0.00668 e. The molecule has 0 aliphatic heterocycles. The molecule has 0 spiro atoms. The Labute approximate surface area is 64.2 Å². The molecule has 10 heavy (non-hydrogen) atoms. The molecule has 2 atom stereocenters. The van der Waals surface area contributed by atoms with E-state index < -0.39 is 0 Å². The van der Waals surface area contributed by atoms with Gasteiger partial charge in [0.1, 0.15) is 0 Å². The molecule has 1 rings (SSSR count). The van der Waals surface area contributed by atoms with Crippen molar-refractivity contribution in [3.8, 4) is 0 Å². The summed E-state index contributed by atoms with van der Waals surface area (Å²) >= 11 is 0. The molecular formula is C9H19N. The van der Waals surface area contributed by atoms with Gasteiger partial charge in [-0.3, -0.25) is 0 Å². The number of nitrogens with one attached hydrogen (secondary N) is 1. The van der Waals surface area contributed by atoms with Crippen molar-refractivity contribution in [2.75, 3.05) is 7.05 Å². The van der Waals surface area contributed by atoms with Gasteiger partial charge < -0.3 is 5.32 Å². The van der Waals surface area contributed by atoms with Gasteiger partial charge in [-0.15, -0.1) is 0 Å². The second-order valence-electron chi connectivity index (χ2n) is 3.45. The van der Waals surface area contributed by atoms with Gasteiger partial charge in [0, 0.05) is 6.04 Å². The summed E-state index contributed by atoms with van der Waals surface area (Å²) in [5.41, 5.74) is 0. The van der Waals surface area contributed by atoms with Crippen molar-refractivity contribution in [2.45, 2.75) is 45.1 Å². The van der Waals surface area contributed by atoms with Crippen LogP contribution in [0.3, 0.4) is 0 Å². The Balaban J connectivity index is 2.15. The van der Waals surface area contributed by atoms with Crippen molar-refractivity contribution in [2.24, 2.45) is 5.92 Å². The average molecular weight is 141 g/mol. The Morgan fingerprint density at radius 3 is 2.70 bits per heavy atom. The van der Waals surface area contributed by atoms with Crippen LogP contribution in [0.2, 0.25) is 0 Å². The van der Waals surface area contributed by atoms with Gasteiger partial charge in [0.15, 0.2) is 0 Å². The topological polar surface area (TPSA) is 12.0 Å². The van der Waals surface area contributed by atoms with Gasteiger partial charge in [0.25, 0.3) is 0 Å². The predicted octanol–water partition coefficient (Wildman–Crippen LogP) is 2.17. The minimum atomic E-state index is 0.830. The molecule has 0 heterocycles. The van der Waals surface area contributed by atoms with Crippen molar-refractivity contribution in [3.63, 3.8) is 0 Å². The third-order valence-corrected chi connectivity index (χ3v) is 2.65. The van der Waals surface area contributed by atoms with Crippen molar-refractivity contribution < 1.29 is 0 Å². The van der Waals surface area contributed by atoms with Gasteiger partial charge in [-0.25, -0.2) is 0 Å². The molecule has 0 bridgehead atoms. The van der Waals surface area contributed by atoms with E-state index in [1.807, 2.05) is 0 Å². The molecule has 1 heteroatoms. The van der Waals surface area contributed by atoms with Crippen LogP contribution >= 0.6 is 0 Å². The van der Waals surface area contributed by atoms with Crippen LogP contribution in [0.1, 0.15) is 39.0 Å². The monoisotopic (exact) mass is 141 g/mol. The second kappa shape index (κ2) is 3.97. The second-order valence-corrected chi connectivity index (χ2v) is 3.45. The van der Waals surface area contributed by atoms with Crippen LogP contribution in [0.25, 0.3) is 0 Å². The van der Waals surface area contributed by atoms with E-state index in [0.29, 0.717) is 0 Å². The Morgan fingerprint density at radius 2 is 2.20 bits per heavy atom. The molecule has 1 fully saturated rings. The van der Waals surface area contributed by atoms with Crippen LogP contribution in [0, 0.1) is 5.92 Å². The standard InChI is InChI=1S/C9H19N/c1-3-4-8-5-6-9(7-8)10-2/h8-10H,3-7H2,1-2H3. The predicted molar refractivity (Wildman–Crippen MR) is 45.1 cm³/mol. The van der Waals surface area contributed by atoms with Gasteiger partial charge in [-0.05, 0) is 32.2 Å². The highest BCUT2D eigenvalue weighted by Gasteiger charge is 2.21. The first-order chi connectivity index (χ1) is 4.86. The highest BCUT2D eigenvalue weighted by Crippen LogP contribution is 2.28. The van der Waals surface area contributed by atoms with Gasteiger partial charge in [0.2, 0.25) is 0 Å². The van der Waals surface area contributed by atoms with Crippen LogP contribution in [0.4, 0.5) is 0 Å². The van der Waals surface area contributed by atoms with Gasteiger partial charge in [-0.1, -0.05) is 19.8 Å². The Kier molecular flexibility index (Phi) is 3.20. The molecule has 60 valence electrons. The van der Waals surface area contributed by atoms with E-state index in [-0.39, 0.29) is 0 Å². The smallest absolute Gasteiger partial charge is 0.00668 e. The van der Waals surface area contributed by atoms with E-state index in [2.05, 4.69) is 19.3 Å². The molecule has 1 aliphatic rings. The number of hydrogen-bond donors (Lipinski definition) is 1. The molecular weight excluding hydrogens is 122 g/mol. The first kappa shape index (κ1) is 8.06. The van der Waals surface area contributed by atoms with Crippen molar-refractivity contribution >= 4 is 0 Å². The van der Waals surface area contributed by atoms with Gasteiger partial charge in [0.05, 0.1) is 0 Å². The molecule has 0 saturated heterocycles. The van der Waals surface area contributed by atoms with Crippen molar-refractivity contribution in [1.82, 2.24) is 5.32 Å². The molecule has 1 N–H and O–H groups in total. The average Bonchev–Trinajstić information content (AvgIpc) is 2.37. The fraction of sp³-hybridized carbons (Fsp3) is 1.00. The zero-order valence-electron chi connectivity index (χ0n) is 7.19. The van der Waals surface area contributed by atoms with Crippen LogP contribution in [-0.2, 0) is 0 Å². The highest BCUT2D eigenvalue weighted by molar-refractivity contribution is 4.78. The van der Waals surface area contributed by atoms with E-state index in [1.165, 1.54) is 32.1 Å². The molecule has 0 aromatic carbocycles. The maximum absolute atomic E-state index is 3.35. The molecule has 1 nitrogen and oxygen atoms in total. The normalized spacial score (nSPS) is 33.0. The zero-order valence-corrected chi connectivity index (χ0v) is 7.19. The van der Waals surface area contributed by atoms with E-state index >= 15 is 0 Å². The molecule has 1 aliphatic carbocycles. The van der Waals surface area contributed by atoms with Gasteiger partial charge in [-0.2, -0.15) is 0 Å². The van der Waals surface area contributed by atoms with Crippen LogP contribution < -0.4 is 5.32 Å². The third kappa shape index (κ3) is 1.98. The summed E-state index contributed by atoms with van der Waals surface area (Å²) in [6.07, 6.45) is 7.09. The summed E-state index contributed by atoms with van der Waals surface area (Å²) in [5, 5.41) is 3.35. The van der Waals surface area contributed by atoms with E-state index in [0.717, 1.165) is 12.0 Å². The van der Waals surface area contributed by atoms with Gasteiger partial charge >= 0.3 is 0 Å². The number of rotatable bonds is 3. The van der Waals surface area contributed by atoms with E-state index in [4.69, 9.17) is 0 Å². The SMILES string of the molecule is CCCC1CCC(NC)C1. The fourth-order valence-corrected chi connectivity index (χ4v) is 2.01. The van der Waals surface area contributed by atoms with Crippen molar-refractivity contribution in [3.05, 3.63) is 0 Å². The minimum Gasteiger partial charge on any atom is -0.317 e. The summed E-state index contributed by atoms with van der Waals surface area (Å²) < 4.78 is 0. The molecule has 0 amide bonds. The summed E-state index contributed by atoms with van der Waals surface area (Å²) in [6, 6.07) is 0.830. The molecule has 0 radical (unpaired) electrons. The van der Waals surface area contributed by atoms with E-state index in [1.54, 1.807) is 0 Å². The Morgan fingerprint density at radius 1 is 1.40 bits per heavy atom. The Hall–Kier alpha value is -0.0400. The van der Waals surface area contributed by atoms with Crippen LogP contribution in [-0.4, -0.2) is 13.1 Å². The first-order valence-electron chi connectivity index (χ1n) is 4.54. The zero-order chi connectivity index (χ0) is 7.40. The quantitative estimate of drug-likeness (QED) is 0.635. The highest BCUT2D eigenvalue weighted by atomic mass is 14.9.